The number of aromatic nitrogens is 5. The van der Waals surface area contributed by atoms with E-state index in [0.29, 0.717) is 5.02 Å². The van der Waals surface area contributed by atoms with Gasteiger partial charge in [-0.1, -0.05) is 11.6 Å². The number of fused-ring (bicyclic) bond motifs is 1. The molecule has 31 heavy (non-hydrogen) atoms. The fourth-order valence-corrected chi connectivity index (χ4v) is 4.25. The van der Waals surface area contributed by atoms with Crippen molar-refractivity contribution in [3.63, 3.8) is 0 Å². The number of aryl methyl sites for hydroxylation is 1. The van der Waals surface area contributed by atoms with E-state index < -0.39 is 0 Å². The molecule has 5 rings (SSSR count). The van der Waals surface area contributed by atoms with Crippen LogP contribution >= 0.6 is 11.6 Å². The molecule has 158 valence electrons. The van der Waals surface area contributed by atoms with Crippen molar-refractivity contribution in [2.75, 3.05) is 31.1 Å². The van der Waals surface area contributed by atoms with Crippen molar-refractivity contribution >= 4 is 28.8 Å². The van der Waals surface area contributed by atoms with E-state index in [1.54, 1.807) is 22.3 Å². The molecule has 0 aromatic carbocycles. The molecule has 1 aliphatic heterocycles. The molecule has 1 fully saturated rings. The number of anilines is 1. The number of rotatable bonds is 3. The number of halogens is 1. The second-order valence-electron chi connectivity index (χ2n) is 7.73. The number of hydrogen-bond acceptors (Lipinski definition) is 5. The van der Waals surface area contributed by atoms with E-state index in [0.717, 1.165) is 59.8 Å². The van der Waals surface area contributed by atoms with Crippen molar-refractivity contribution in [1.29, 1.82) is 0 Å². The largest absolute Gasteiger partial charge is 0.353 e. The van der Waals surface area contributed by atoms with E-state index in [2.05, 4.69) is 27.2 Å². The standard InChI is InChI=1S/C22H22ClN7O/c1-15(31)28-5-7-29(8-6-28)21-4-3-16(10-24-21)19-9-17(18-11-25-27(2)13-18)14-30-22(19)20(23)12-26-30/h3-4,9-14H,5-8H2,1-2H3. The van der Waals surface area contributed by atoms with Crippen LogP contribution in [0.4, 0.5) is 5.82 Å². The molecule has 4 aromatic heterocycles. The van der Waals surface area contributed by atoms with Crippen LogP contribution in [0.25, 0.3) is 27.8 Å². The average Bonchev–Trinajstić information content (AvgIpc) is 3.39. The van der Waals surface area contributed by atoms with Gasteiger partial charge in [0.05, 0.1) is 22.9 Å². The van der Waals surface area contributed by atoms with Gasteiger partial charge in [-0.2, -0.15) is 10.2 Å². The van der Waals surface area contributed by atoms with E-state index in [1.165, 1.54) is 0 Å². The minimum Gasteiger partial charge on any atom is -0.353 e. The molecule has 0 aliphatic carbocycles. The van der Waals surface area contributed by atoms with Crippen LogP contribution in [0.5, 0.6) is 0 Å². The zero-order chi connectivity index (χ0) is 21.5. The van der Waals surface area contributed by atoms with Crippen molar-refractivity contribution in [3.05, 3.63) is 54.2 Å². The van der Waals surface area contributed by atoms with Crippen LogP contribution < -0.4 is 4.90 Å². The lowest BCUT2D eigenvalue weighted by Crippen LogP contribution is -2.48. The maximum atomic E-state index is 11.6. The summed E-state index contributed by atoms with van der Waals surface area (Å²) in [6.45, 7) is 4.61. The molecule has 4 aromatic rings. The molecule has 9 heteroatoms. The van der Waals surface area contributed by atoms with Gasteiger partial charge in [0.2, 0.25) is 5.91 Å². The minimum atomic E-state index is 0.123. The number of piperazine rings is 1. The highest BCUT2D eigenvalue weighted by molar-refractivity contribution is 6.34. The predicted octanol–water partition coefficient (Wildman–Crippen LogP) is 3.12. The minimum absolute atomic E-state index is 0.123. The summed E-state index contributed by atoms with van der Waals surface area (Å²) in [5.41, 5.74) is 4.78. The molecule has 0 radical (unpaired) electrons. The van der Waals surface area contributed by atoms with Gasteiger partial charge >= 0.3 is 0 Å². The maximum absolute atomic E-state index is 11.6. The predicted molar refractivity (Wildman–Crippen MR) is 120 cm³/mol. The van der Waals surface area contributed by atoms with Crippen LogP contribution in [0.2, 0.25) is 5.02 Å². The zero-order valence-electron chi connectivity index (χ0n) is 17.4. The van der Waals surface area contributed by atoms with Crippen molar-refractivity contribution in [2.24, 2.45) is 7.05 Å². The molecule has 0 N–H and O–H groups in total. The van der Waals surface area contributed by atoms with Gasteiger partial charge in [-0.05, 0) is 18.2 Å². The quantitative estimate of drug-likeness (QED) is 0.494. The molecule has 0 bridgehead atoms. The number of carbonyl (C=O) groups excluding carboxylic acids is 1. The molecular formula is C22H22ClN7O. The Balaban J connectivity index is 1.49. The molecule has 1 saturated heterocycles. The Kier molecular flexibility index (Phi) is 4.86. The van der Waals surface area contributed by atoms with Gasteiger partial charge in [-0.15, -0.1) is 0 Å². The summed E-state index contributed by atoms with van der Waals surface area (Å²) in [6, 6.07) is 6.18. The van der Waals surface area contributed by atoms with Crippen molar-refractivity contribution in [1.82, 2.24) is 29.3 Å². The van der Waals surface area contributed by atoms with Gasteiger partial charge in [-0.25, -0.2) is 9.50 Å². The van der Waals surface area contributed by atoms with E-state index in [9.17, 15) is 4.79 Å². The first-order valence-corrected chi connectivity index (χ1v) is 10.5. The molecule has 0 atom stereocenters. The van der Waals surface area contributed by atoms with E-state index in [-0.39, 0.29) is 5.91 Å². The molecule has 0 unspecified atom stereocenters. The third-order valence-electron chi connectivity index (χ3n) is 5.71. The van der Waals surface area contributed by atoms with E-state index in [1.807, 2.05) is 42.8 Å². The van der Waals surface area contributed by atoms with Gasteiger partial charge in [0.15, 0.2) is 0 Å². The van der Waals surface area contributed by atoms with Gasteiger partial charge in [0, 0.05) is 81.0 Å². The van der Waals surface area contributed by atoms with Crippen molar-refractivity contribution < 1.29 is 4.79 Å². The summed E-state index contributed by atoms with van der Waals surface area (Å²) in [7, 11) is 1.90. The van der Waals surface area contributed by atoms with Crippen molar-refractivity contribution in [3.8, 4) is 22.3 Å². The summed E-state index contributed by atoms with van der Waals surface area (Å²) in [5.74, 6) is 1.03. The third kappa shape index (κ3) is 3.63. The van der Waals surface area contributed by atoms with Gasteiger partial charge in [0.25, 0.3) is 0 Å². The van der Waals surface area contributed by atoms with Gasteiger partial charge < -0.3 is 9.80 Å². The molecule has 0 saturated carbocycles. The van der Waals surface area contributed by atoms with Gasteiger partial charge in [0.1, 0.15) is 5.82 Å². The number of pyridine rings is 2. The Hall–Kier alpha value is -3.39. The number of amides is 1. The molecule has 8 nitrogen and oxygen atoms in total. The first kappa shape index (κ1) is 19.6. The Bertz CT molecular complexity index is 1250. The van der Waals surface area contributed by atoms with Crippen LogP contribution in [-0.4, -0.2) is 61.4 Å². The maximum Gasteiger partial charge on any atom is 0.219 e. The first-order valence-electron chi connectivity index (χ1n) is 10.1. The monoisotopic (exact) mass is 435 g/mol. The Morgan fingerprint density at radius 3 is 2.42 bits per heavy atom. The molecule has 5 heterocycles. The van der Waals surface area contributed by atoms with Gasteiger partial charge in [-0.3, -0.25) is 9.48 Å². The van der Waals surface area contributed by atoms with Crippen LogP contribution in [0.3, 0.4) is 0 Å². The molecule has 1 aliphatic rings. The summed E-state index contributed by atoms with van der Waals surface area (Å²) >= 11 is 6.46. The number of nitrogens with zero attached hydrogens (tertiary/aromatic N) is 7. The lowest BCUT2D eigenvalue weighted by molar-refractivity contribution is -0.129. The summed E-state index contributed by atoms with van der Waals surface area (Å²) in [4.78, 5) is 20.3. The highest BCUT2D eigenvalue weighted by Gasteiger charge is 2.20. The van der Waals surface area contributed by atoms with Crippen LogP contribution in [0.1, 0.15) is 6.92 Å². The highest BCUT2D eigenvalue weighted by Crippen LogP contribution is 2.34. The zero-order valence-corrected chi connectivity index (χ0v) is 18.1. The lowest BCUT2D eigenvalue weighted by atomic mass is 10.0. The third-order valence-corrected chi connectivity index (χ3v) is 5.99. The SMILES string of the molecule is CC(=O)N1CCN(c2ccc(-c3cc(-c4cnn(C)c4)cn4ncc(Cl)c34)cn2)CC1. The topological polar surface area (TPSA) is 71.6 Å². The fraction of sp³-hybridized carbons (Fsp3) is 0.273. The summed E-state index contributed by atoms with van der Waals surface area (Å²) in [6.07, 6.45) is 9.29. The van der Waals surface area contributed by atoms with E-state index in [4.69, 9.17) is 16.6 Å². The fourth-order valence-electron chi connectivity index (χ4n) is 4.02. The Morgan fingerprint density at radius 1 is 0.968 bits per heavy atom. The lowest BCUT2D eigenvalue weighted by Gasteiger charge is -2.34. The Labute approximate surface area is 184 Å². The second-order valence-corrected chi connectivity index (χ2v) is 8.14. The number of carbonyl (C=O) groups is 1. The highest BCUT2D eigenvalue weighted by atomic mass is 35.5. The normalized spacial score (nSPS) is 14.4. The van der Waals surface area contributed by atoms with Crippen LogP contribution in [0, 0.1) is 0 Å². The molecule has 1 amide bonds. The van der Waals surface area contributed by atoms with Crippen LogP contribution in [0.15, 0.2) is 49.2 Å². The second kappa shape index (κ2) is 7.70. The average molecular weight is 436 g/mol. The summed E-state index contributed by atoms with van der Waals surface area (Å²) in [5, 5.41) is 9.28. The van der Waals surface area contributed by atoms with Crippen LogP contribution in [-0.2, 0) is 11.8 Å². The number of hydrogen-bond donors (Lipinski definition) is 0. The van der Waals surface area contributed by atoms with Crippen molar-refractivity contribution in [2.45, 2.75) is 6.92 Å². The molecule has 0 spiro atoms. The Morgan fingerprint density at radius 2 is 1.77 bits per heavy atom. The molecular weight excluding hydrogens is 414 g/mol. The first-order chi connectivity index (χ1) is 15.0. The van der Waals surface area contributed by atoms with E-state index >= 15 is 0 Å². The smallest absolute Gasteiger partial charge is 0.219 e. The summed E-state index contributed by atoms with van der Waals surface area (Å²) < 4.78 is 3.58.